The smallest absolute Gasteiger partial charge is 0.475 e. The Kier molecular flexibility index (Phi) is 6.60. The van der Waals surface area contributed by atoms with Crippen LogP contribution in [-0.2, 0) is 29.7 Å². The molecule has 3 heterocycles. The summed E-state index contributed by atoms with van der Waals surface area (Å²) >= 11 is 1.66. The van der Waals surface area contributed by atoms with E-state index >= 15 is 0 Å². The number of carbonyl (C=O) groups excluding carboxylic acids is 1. The van der Waals surface area contributed by atoms with Crippen LogP contribution in [0.1, 0.15) is 22.2 Å². The van der Waals surface area contributed by atoms with Crippen molar-refractivity contribution in [3.8, 4) is 0 Å². The number of imidazole rings is 1. The molecule has 7 nitrogen and oxygen atoms in total. The van der Waals surface area contributed by atoms with E-state index in [1.807, 2.05) is 36.2 Å². The Balaban J connectivity index is 0.000000321. The number of rotatable bonds is 3. The van der Waals surface area contributed by atoms with E-state index in [9.17, 15) is 18.0 Å². The molecule has 27 heavy (non-hydrogen) atoms. The third-order valence-electron chi connectivity index (χ3n) is 3.88. The zero-order valence-electron chi connectivity index (χ0n) is 14.7. The van der Waals surface area contributed by atoms with Gasteiger partial charge in [-0.3, -0.25) is 9.69 Å². The van der Waals surface area contributed by atoms with E-state index in [0.717, 1.165) is 24.5 Å². The number of nitrogens with one attached hydrogen (secondary N) is 1. The minimum Gasteiger partial charge on any atom is -0.475 e. The van der Waals surface area contributed by atoms with Crippen LogP contribution in [0.15, 0.2) is 23.8 Å². The molecule has 0 fully saturated rings. The number of carboxylic acid groups (broad SMARTS) is 1. The van der Waals surface area contributed by atoms with E-state index in [-0.39, 0.29) is 11.8 Å². The summed E-state index contributed by atoms with van der Waals surface area (Å²) in [6.45, 7) is 2.15. The molecule has 3 rings (SSSR count). The number of nitrogens with zero attached hydrogens (tertiary/aromatic N) is 3. The van der Waals surface area contributed by atoms with Crippen molar-refractivity contribution >= 4 is 23.2 Å². The molecule has 1 atom stereocenters. The topological polar surface area (TPSA) is 87.5 Å². The van der Waals surface area contributed by atoms with E-state index in [1.54, 1.807) is 17.7 Å². The average Bonchev–Trinajstić information content (AvgIpc) is 3.22. The van der Waals surface area contributed by atoms with Gasteiger partial charge in [0.2, 0.25) is 5.91 Å². The van der Waals surface area contributed by atoms with Crippen LogP contribution in [0.2, 0.25) is 0 Å². The van der Waals surface area contributed by atoms with Crippen LogP contribution < -0.4 is 5.32 Å². The van der Waals surface area contributed by atoms with Crippen molar-refractivity contribution in [2.24, 2.45) is 7.05 Å². The predicted octanol–water partition coefficient (Wildman–Crippen LogP) is 1.96. The van der Waals surface area contributed by atoms with Crippen molar-refractivity contribution in [1.82, 2.24) is 19.8 Å². The van der Waals surface area contributed by atoms with Gasteiger partial charge >= 0.3 is 12.1 Å². The van der Waals surface area contributed by atoms with Crippen molar-refractivity contribution in [3.63, 3.8) is 0 Å². The molecule has 0 aromatic carbocycles. The molecule has 2 aromatic rings. The molecule has 0 radical (unpaired) electrons. The van der Waals surface area contributed by atoms with Crippen molar-refractivity contribution in [1.29, 1.82) is 0 Å². The Morgan fingerprint density at radius 3 is 2.63 bits per heavy atom. The van der Waals surface area contributed by atoms with Crippen molar-refractivity contribution < 1.29 is 27.9 Å². The van der Waals surface area contributed by atoms with Gasteiger partial charge < -0.3 is 15.0 Å². The van der Waals surface area contributed by atoms with Gasteiger partial charge in [-0.2, -0.15) is 13.2 Å². The maximum atomic E-state index is 12.5. The molecule has 0 saturated carbocycles. The van der Waals surface area contributed by atoms with E-state index in [2.05, 4.69) is 15.2 Å². The van der Waals surface area contributed by atoms with E-state index in [0.29, 0.717) is 6.54 Å². The van der Waals surface area contributed by atoms with Gasteiger partial charge in [-0.05, 0) is 18.5 Å². The number of hydrogen-bond donors (Lipinski definition) is 2. The second-order valence-corrected chi connectivity index (χ2v) is 7.07. The minimum atomic E-state index is -5.08. The number of hydrogen-bond acceptors (Lipinski definition) is 5. The quantitative estimate of drug-likeness (QED) is 0.817. The SMILES string of the molecule is CN1Cc2ncn(C)c2C(C(=O)NCc2cccs2)C1.O=C(O)C(F)(F)F. The molecule has 2 aromatic heterocycles. The van der Waals surface area contributed by atoms with Gasteiger partial charge in [0.25, 0.3) is 0 Å². The monoisotopic (exact) mass is 404 g/mol. The molecule has 0 saturated heterocycles. The molecule has 148 valence electrons. The van der Waals surface area contributed by atoms with Crippen LogP contribution in [0.25, 0.3) is 0 Å². The van der Waals surface area contributed by atoms with E-state index < -0.39 is 12.1 Å². The fourth-order valence-electron chi connectivity index (χ4n) is 2.69. The number of aromatic nitrogens is 2. The summed E-state index contributed by atoms with van der Waals surface area (Å²) in [6, 6.07) is 4.03. The summed E-state index contributed by atoms with van der Waals surface area (Å²) in [4.78, 5) is 29.1. The second kappa shape index (κ2) is 8.53. The van der Waals surface area contributed by atoms with Crippen molar-refractivity contribution in [3.05, 3.63) is 40.1 Å². The Labute approximate surface area is 157 Å². The number of halogens is 3. The summed E-state index contributed by atoms with van der Waals surface area (Å²) in [6.07, 6.45) is -3.29. The molecule has 0 bridgehead atoms. The first-order valence-corrected chi connectivity index (χ1v) is 8.76. The number of aliphatic carboxylic acids is 1. The largest absolute Gasteiger partial charge is 0.490 e. The van der Waals surface area contributed by atoms with Gasteiger partial charge in [0.05, 0.1) is 30.2 Å². The molecule has 11 heteroatoms. The van der Waals surface area contributed by atoms with Crippen LogP contribution in [0.3, 0.4) is 0 Å². The van der Waals surface area contributed by atoms with Gasteiger partial charge in [-0.1, -0.05) is 6.07 Å². The van der Waals surface area contributed by atoms with Crippen LogP contribution in [0.5, 0.6) is 0 Å². The first-order valence-electron chi connectivity index (χ1n) is 7.88. The lowest BCUT2D eigenvalue weighted by atomic mass is 9.97. The third-order valence-corrected chi connectivity index (χ3v) is 4.76. The van der Waals surface area contributed by atoms with Crippen LogP contribution in [0.4, 0.5) is 13.2 Å². The molecule has 0 spiro atoms. The molecular weight excluding hydrogens is 385 g/mol. The summed E-state index contributed by atoms with van der Waals surface area (Å²) < 4.78 is 33.7. The van der Waals surface area contributed by atoms with Gasteiger partial charge in [0.15, 0.2) is 0 Å². The Bertz CT molecular complexity index is 789. The number of aryl methyl sites for hydroxylation is 1. The lowest BCUT2D eigenvalue weighted by Gasteiger charge is -2.29. The van der Waals surface area contributed by atoms with Crippen LogP contribution in [0, 0.1) is 0 Å². The Morgan fingerprint density at radius 1 is 1.41 bits per heavy atom. The maximum absolute atomic E-state index is 12.5. The van der Waals surface area contributed by atoms with Crippen molar-refractivity contribution in [2.75, 3.05) is 13.6 Å². The van der Waals surface area contributed by atoms with Gasteiger partial charge in [-0.15, -0.1) is 11.3 Å². The standard InChI is InChI=1S/C14H18N4OS.C2HF3O2/c1-17-7-11(13-12(8-17)16-9-18(13)2)14(19)15-6-10-4-3-5-20-10;3-2(4,5)1(6)7/h3-5,9,11H,6-8H2,1-2H3,(H,15,19);(H,6,7). The lowest BCUT2D eigenvalue weighted by molar-refractivity contribution is -0.192. The number of carbonyl (C=O) groups is 2. The van der Waals surface area contributed by atoms with Gasteiger partial charge in [-0.25, -0.2) is 9.78 Å². The number of thiophene rings is 1. The number of likely N-dealkylation sites (N-methyl/N-ethyl adjacent to an activating group) is 1. The summed E-state index contributed by atoms with van der Waals surface area (Å²) in [5, 5.41) is 12.2. The molecule has 1 amide bonds. The summed E-state index contributed by atoms with van der Waals surface area (Å²) in [5.74, 6) is -2.82. The first-order chi connectivity index (χ1) is 12.6. The second-order valence-electron chi connectivity index (χ2n) is 6.04. The summed E-state index contributed by atoms with van der Waals surface area (Å²) in [5.41, 5.74) is 2.06. The maximum Gasteiger partial charge on any atom is 0.490 e. The van der Waals surface area contributed by atoms with Gasteiger partial charge in [0, 0.05) is 25.0 Å². The predicted molar refractivity (Wildman–Crippen MR) is 92.1 cm³/mol. The Morgan fingerprint density at radius 2 is 2.07 bits per heavy atom. The molecule has 1 aliphatic heterocycles. The van der Waals surface area contributed by atoms with Crippen LogP contribution in [-0.4, -0.2) is 51.2 Å². The zero-order chi connectivity index (χ0) is 20.2. The van der Waals surface area contributed by atoms with E-state index in [1.165, 1.54) is 4.88 Å². The molecule has 1 aliphatic rings. The lowest BCUT2D eigenvalue weighted by Crippen LogP contribution is -2.40. The number of fused-ring (bicyclic) bond motifs is 1. The number of alkyl halides is 3. The number of amides is 1. The average molecular weight is 404 g/mol. The number of carboxylic acids is 1. The molecule has 1 unspecified atom stereocenters. The highest BCUT2D eigenvalue weighted by Crippen LogP contribution is 2.26. The fraction of sp³-hybridized carbons (Fsp3) is 0.438. The highest BCUT2D eigenvalue weighted by atomic mass is 32.1. The van der Waals surface area contributed by atoms with Gasteiger partial charge in [0.1, 0.15) is 0 Å². The molecular formula is C16H19F3N4O3S. The highest BCUT2D eigenvalue weighted by Gasteiger charge is 2.38. The normalized spacial score (nSPS) is 16.9. The van der Waals surface area contributed by atoms with E-state index in [4.69, 9.17) is 9.90 Å². The zero-order valence-corrected chi connectivity index (χ0v) is 15.5. The van der Waals surface area contributed by atoms with Crippen LogP contribution >= 0.6 is 11.3 Å². The highest BCUT2D eigenvalue weighted by molar-refractivity contribution is 7.09. The fourth-order valence-corrected chi connectivity index (χ4v) is 3.34. The molecule has 2 N–H and O–H groups in total. The van der Waals surface area contributed by atoms with Crippen molar-refractivity contribution in [2.45, 2.75) is 25.2 Å². The first kappa shape index (κ1) is 20.9. The molecule has 0 aliphatic carbocycles. The Hall–Kier alpha value is -2.40. The summed E-state index contributed by atoms with van der Waals surface area (Å²) in [7, 11) is 3.98. The minimum absolute atomic E-state index is 0.0785. The third kappa shape index (κ3) is 5.54.